The van der Waals surface area contributed by atoms with Crippen LogP contribution in [0.4, 0.5) is 4.79 Å². The molecule has 2 heterocycles. The van der Waals surface area contributed by atoms with Gasteiger partial charge in [-0.2, -0.15) is 0 Å². The number of carbonyl (C=O) groups excluding carboxylic acids is 1. The minimum absolute atomic E-state index is 0.0869. The summed E-state index contributed by atoms with van der Waals surface area (Å²) >= 11 is 0. The quantitative estimate of drug-likeness (QED) is 0.792. The molecule has 2 rings (SSSR count). The van der Waals surface area contributed by atoms with Crippen molar-refractivity contribution in [3.63, 3.8) is 0 Å². The van der Waals surface area contributed by atoms with Crippen LogP contribution in [0.5, 0.6) is 0 Å². The highest BCUT2D eigenvalue weighted by Crippen LogP contribution is 2.30. The van der Waals surface area contributed by atoms with Gasteiger partial charge in [-0.3, -0.25) is 0 Å². The lowest BCUT2D eigenvalue weighted by Crippen LogP contribution is -2.61. The Balaban J connectivity index is 2.13. The Morgan fingerprint density at radius 3 is 2.58 bits per heavy atom. The molecule has 2 aliphatic heterocycles. The molecule has 0 saturated carbocycles. The number of hydrogen-bond acceptors (Lipinski definition) is 2. The molecule has 0 aromatic rings. The number of amides is 2. The van der Waals surface area contributed by atoms with Gasteiger partial charge in [0.2, 0.25) is 0 Å². The van der Waals surface area contributed by atoms with Crippen molar-refractivity contribution in [1.82, 2.24) is 9.80 Å². The van der Waals surface area contributed by atoms with Crippen molar-refractivity contribution in [2.45, 2.75) is 51.5 Å². The van der Waals surface area contributed by atoms with Crippen LogP contribution in [0.25, 0.3) is 0 Å². The maximum Gasteiger partial charge on any atom is 0.329 e. The summed E-state index contributed by atoms with van der Waals surface area (Å²) in [6.45, 7) is 5.90. The van der Waals surface area contributed by atoms with Crippen LogP contribution in [-0.2, 0) is 4.79 Å². The zero-order valence-corrected chi connectivity index (χ0v) is 11.9. The molecule has 0 bridgehead atoms. The van der Waals surface area contributed by atoms with Gasteiger partial charge in [-0.05, 0) is 44.9 Å². The van der Waals surface area contributed by atoms with E-state index in [4.69, 9.17) is 0 Å². The van der Waals surface area contributed by atoms with Gasteiger partial charge in [0, 0.05) is 19.6 Å². The van der Waals surface area contributed by atoms with Crippen LogP contribution in [0.2, 0.25) is 0 Å². The number of nitrogens with zero attached hydrogens (tertiary/aromatic N) is 2. The van der Waals surface area contributed by atoms with Crippen LogP contribution in [-0.4, -0.2) is 52.1 Å². The number of carboxylic acids is 1. The maximum absolute atomic E-state index is 12.6. The second-order valence-corrected chi connectivity index (χ2v) is 6.16. The number of rotatable bonds is 1. The molecule has 108 valence electrons. The average molecular weight is 268 g/mol. The third kappa shape index (κ3) is 2.69. The fourth-order valence-electron chi connectivity index (χ4n) is 3.18. The third-order valence-electron chi connectivity index (χ3n) is 4.51. The van der Waals surface area contributed by atoms with E-state index in [0.29, 0.717) is 18.9 Å². The summed E-state index contributed by atoms with van der Waals surface area (Å²) in [6, 6.07) is -0.0869. The van der Waals surface area contributed by atoms with E-state index in [0.717, 1.165) is 38.8 Å². The Kier molecular flexibility index (Phi) is 4.02. The van der Waals surface area contributed by atoms with Crippen molar-refractivity contribution in [1.29, 1.82) is 0 Å². The summed E-state index contributed by atoms with van der Waals surface area (Å²) in [4.78, 5) is 27.5. The van der Waals surface area contributed by atoms with Crippen LogP contribution in [0, 0.1) is 5.92 Å². The van der Waals surface area contributed by atoms with E-state index in [9.17, 15) is 14.7 Å². The predicted molar refractivity (Wildman–Crippen MR) is 72.0 cm³/mol. The summed E-state index contributed by atoms with van der Waals surface area (Å²) in [5.41, 5.74) is -1.03. The Bertz CT molecular complexity index is 372. The largest absolute Gasteiger partial charge is 0.480 e. The molecule has 2 fully saturated rings. The first kappa shape index (κ1) is 14.2. The van der Waals surface area contributed by atoms with Gasteiger partial charge in [0.15, 0.2) is 0 Å². The van der Waals surface area contributed by atoms with Crippen molar-refractivity contribution in [3.8, 4) is 0 Å². The fourth-order valence-corrected chi connectivity index (χ4v) is 3.18. The van der Waals surface area contributed by atoms with Crippen LogP contribution < -0.4 is 0 Å². The number of likely N-dealkylation sites (tertiary alicyclic amines) is 2. The van der Waals surface area contributed by atoms with Crippen molar-refractivity contribution < 1.29 is 14.7 Å². The van der Waals surface area contributed by atoms with Gasteiger partial charge in [-0.1, -0.05) is 6.92 Å². The minimum atomic E-state index is -1.03. The first-order valence-electron chi connectivity index (χ1n) is 7.25. The molecule has 5 heteroatoms. The van der Waals surface area contributed by atoms with Crippen LogP contribution >= 0.6 is 0 Å². The van der Waals surface area contributed by atoms with Gasteiger partial charge in [0.25, 0.3) is 0 Å². The lowest BCUT2D eigenvalue weighted by molar-refractivity contribution is -0.150. The van der Waals surface area contributed by atoms with E-state index in [1.54, 1.807) is 11.8 Å². The topological polar surface area (TPSA) is 60.9 Å². The molecule has 0 radical (unpaired) electrons. The summed E-state index contributed by atoms with van der Waals surface area (Å²) in [5.74, 6) is -0.371. The number of piperidine rings is 2. The van der Waals surface area contributed by atoms with Crippen LogP contribution in [0.3, 0.4) is 0 Å². The summed E-state index contributed by atoms with van der Waals surface area (Å²) in [7, 11) is 0. The molecule has 0 spiro atoms. The maximum atomic E-state index is 12.6. The van der Waals surface area contributed by atoms with Gasteiger partial charge >= 0.3 is 12.0 Å². The molecule has 2 amide bonds. The van der Waals surface area contributed by atoms with E-state index in [1.807, 2.05) is 4.90 Å². The smallest absolute Gasteiger partial charge is 0.329 e. The Morgan fingerprint density at radius 1 is 1.21 bits per heavy atom. The fraction of sp³-hybridized carbons (Fsp3) is 0.857. The molecule has 1 N–H and O–H groups in total. The monoisotopic (exact) mass is 268 g/mol. The lowest BCUT2D eigenvalue weighted by atomic mass is 9.88. The number of urea groups is 1. The highest BCUT2D eigenvalue weighted by molar-refractivity contribution is 5.86. The standard InChI is InChI=1S/C14H24N2O3/c1-11-6-5-8-15(10-11)13(19)16-9-4-3-7-14(16,2)12(17)18/h11H,3-10H2,1-2H3,(H,17,18). The Morgan fingerprint density at radius 2 is 1.95 bits per heavy atom. The molecule has 2 aliphatic rings. The molecule has 2 atom stereocenters. The summed E-state index contributed by atoms with van der Waals surface area (Å²) in [6.07, 6.45) is 4.50. The zero-order valence-electron chi connectivity index (χ0n) is 11.9. The number of carbonyl (C=O) groups is 2. The molecule has 5 nitrogen and oxygen atoms in total. The van der Waals surface area contributed by atoms with E-state index < -0.39 is 11.5 Å². The molecular formula is C14H24N2O3. The van der Waals surface area contributed by atoms with Crippen molar-refractivity contribution in [2.24, 2.45) is 5.92 Å². The van der Waals surface area contributed by atoms with Gasteiger partial charge in [0.05, 0.1) is 0 Å². The first-order chi connectivity index (χ1) is 8.95. The summed E-state index contributed by atoms with van der Waals surface area (Å²) in [5, 5.41) is 9.45. The van der Waals surface area contributed by atoms with E-state index >= 15 is 0 Å². The molecule has 19 heavy (non-hydrogen) atoms. The number of aliphatic carboxylic acids is 1. The minimum Gasteiger partial charge on any atom is -0.480 e. The molecular weight excluding hydrogens is 244 g/mol. The highest BCUT2D eigenvalue weighted by Gasteiger charge is 2.45. The van der Waals surface area contributed by atoms with E-state index in [-0.39, 0.29) is 6.03 Å². The molecule has 2 unspecified atom stereocenters. The highest BCUT2D eigenvalue weighted by atomic mass is 16.4. The molecule has 0 aromatic carbocycles. The second kappa shape index (κ2) is 5.39. The Hall–Kier alpha value is -1.26. The average Bonchev–Trinajstić information content (AvgIpc) is 2.38. The molecule has 0 aromatic heterocycles. The van der Waals surface area contributed by atoms with Gasteiger partial charge in [-0.25, -0.2) is 9.59 Å². The lowest BCUT2D eigenvalue weighted by Gasteiger charge is -2.45. The van der Waals surface area contributed by atoms with Gasteiger partial charge in [0.1, 0.15) is 5.54 Å². The molecule has 2 saturated heterocycles. The number of hydrogen-bond donors (Lipinski definition) is 1. The summed E-state index contributed by atoms with van der Waals surface area (Å²) < 4.78 is 0. The zero-order chi connectivity index (χ0) is 14.0. The first-order valence-corrected chi connectivity index (χ1v) is 7.25. The second-order valence-electron chi connectivity index (χ2n) is 6.16. The normalized spacial score (nSPS) is 32.2. The predicted octanol–water partition coefficient (Wildman–Crippen LogP) is 2.17. The Labute approximate surface area is 114 Å². The van der Waals surface area contributed by atoms with Gasteiger partial charge < -0.3 is 14.9 Å². The van der Waals surface area contributed by atoms with E-state index in [1.165, 1.54) is 0 Å². The van der Waals surface area contributed by atoms with Gasteiger partial charge in [-0.15, -0.1) is 0 Å². The third-order valence-corrected chi connectivity index (χ3v) is 4.51. The SMILES string of the molecule is CC1CCCN(C(=O)N2CCCCC2(C)C(=O)O)C1. The van der Waals surface area contributed by atoms with Crippen LogP contribution in [0.1, 0.15) is 46.0 Å². The number of carboxylic acid groups (broad SMARTS) is 1. The molecule has 0 aliphatic carbocycles. The van der Waals surface area contributed by atoms with E-state index in [2.05, 4.69) is 6.92 Å². The van der Waals surface area contributed by atoms with Crippen molar-refractivity contribution in [3.05, 3.63) is 0 Å². The van der Waals surface area contributed by atoms with Crippen molar-refractivity contribution in [2.75, 3.05) is 19.6 Å². The van der Waals surface area contributed by atoms with Crippen LogP contribution in [0.15, 0.2) is 0 Å². The van der Waals surface area contributed by atoms with Crippen molar-refractivity contribution >= 4 is 12.0 Å².